The van der Waals surface area contributed by atoms with Crippen molar-refractivity contribution in [3.05, 3.63) is 30.3 Å². The predicted octanol–water partition coefficient (Wildman–Crippen LogP) is 2.10. The highest BCUT2D eigenvalue weighted by atomic mass is 16.5. The summed E-state index contributed by atoms with van der Waals surface area (Å²) in [6, 6.07) is 0. The van der Waals surface area contributed by atoms with E-state index in [4.69, 9.17) is 4.74 Å². The normalized spacial score (nSPS) is 24.1. The van der Waals surface area contributed by atoms with E-state index in [1.807, 2.05) is 17.1 Å². The van der Waals surface area contributed by atoms with Crippen LogP contribution in [0, 0.1) is 0 Å². The summed E-state index contributed by atoms with van der Waals surface area (Å²) in [5, 5.41) is 4.37. The summed E-state index contributed by atoms with van der Waals surface area (Å²) in [5.74, 6) is 0. The Balaban J connectivity index is 1.46. The Morgan fingerprint density at radius 3 is 2.86 bits per heavy atom. The molecule has 2 aliphatic heterocycles. The Labute approximate surface area is 133 Å². The van der Waals surface area contributed by atoms with E-state index in [0.29, 0.717) is 6.10 Å². The van der Waals surface area contributed by atoms with Gasteiger partial charge in [0.05, 0.1) is 12.5 Å². The van der Waals surface area contributed by atoms with Gasteiger partial charge in [0.25, 0.3) is 0 Å². The van der Waals surface area contributed by atoms with Crippen molar-refractivity contribution in [3.8, 4) is 0 Å². The molecule has 22 heavy (non-hydrogen) atoms. The summed E-state index contributed by atoms with van der Waals surface area (Å²) < 4.78 is 7.72. The van der Waals surface area contributed by atoms with E-state index in [1.54, 1.807) is 0 Å². The molecule has 1 atom stereocenters. The lowest BCUT2D eigenvalue weighted by Crippen LogP contribution is -2.36. The van der Waals surface area contributed by atoms with Crippen LogP contribution >= 0.6 is 0 Å². The highest BCUT2D eigenvalue weighted by molar-refractivity contribution is 5.03. The quantitative estimate of drug-likeness (QED) is 0.834. The van der Waals surface area contributed by atoms with Gasteiger partial charge in [-0.1, -0.05) is 0 Å². The summed E-state index contributed by atoms with van der Waals surface area (Å²) >= 11 is 0. The second-order valence-electron chi connectivity index (χ2n) is 6.34. The van der Waals surface area contributed by atoms with Crippen LogP contribution in [0.25, 0.3) is 0 Å². The molecular weight excluding hydrogens is 276 g/mol. The average Bonchev–Trinajstić information content (AvgIpc) is 2.89. The molecule has 0 aromatic carbocycles. The first-order valence-corrected chi connectivity index (χ1v) is 8.60. The molecule has 0 radical (unpaired) electrons. The van der Waals surface area contributed by atoms with Crippen molar-refractivity contribution in [1.82, 2.24) is 19.6 Å². The van der Waals surface area contributed by atoms with Crippen molar-refractivity contribution < 1.29 is 4.74 Å². The number of hydrogen-bond acceptors (Lipinski definition) is 4. The molecule has 0 amide bonds. The summed E-state index contributed by atoms with van der Waals surface area (Å²) in [4.78, 5) is 5.12. The molecule has 0 saturated carbocycles. The van der Waals surface area contributed by atoms with Crippen molar-refractivity contribution in [3.63, 3.8) is 0 Å². The Morgan fingerprint density at radius 1 is 1.23 bits per heavy atom. The Hall–Kier alpha value is -1.33. The molecule has 0 spiro atoms. The van der Waals surface area contributed by atoms with E-state index in [0.717, 1.165) is 45.6 Å². The van der Waals surface area contributed by atoms with Gasteiger partial charge in [-0.05, 0) is 45.4 Å². The van der Waals surface area contributed by atoms with E-state index in [9.17, 15) is 0 Å². The van der Waals surface area contributed by atoms with Gasteiger partial charge < -0.3 is 4.74 Å². The third-order valence-electron chi connectivity index (χ3n) is 4.58. The largest absolute Gasteiger partial charge is 0.497 e. The number of nitrogens with zero attached hydrogens (tertiary/aromatic N) is 4. The van der Waals surface area contributed by atoms with E-state index in [-0.39, 0.29) is 0 Å². The van der Waals surface area contributed by atoms with E-state index in [2.05, 4.69) is 34.1 Å². The van der Waals surface area contributed by atoms with Crippen LogP contribution in [0.3, 0.4) is 0 Å². The fraction of sp³-hybridized carbons (Fsp3) is 0.706. The number of aryl methyl sites for hydroxylation is 1. The minimum atomic E-state index is 0.388. The Bertz CT molecular complexity index is 485. The van der Waals surface area contributed by atoms with Gasteiger partial charge in [0.2, 0.25) is 0 Å². The van der Waals surface area contributed by atoms with Crippen molar-refractivity contribution in [2.24, 2.45) is 0 Å². The zero-order chi connectivity index (χ0) is 15.2. The maximum atomic E-state index is 5.71. The molecule has 0 N–H and O–H groups in total. The first-order chi connectivity index (χ1) is 10.8. The van der Waals surface area contributed by atoms with Crippen LogP contribution in [-0.2, 0) is 17.8 Å². The number of hydrogen-bond donors (Lipinski definition) is 0. The number of allylic oxidation sites excluding steroid dienone is 1. The smallest absolute Gasteiger partial charge is 0.111 e. The highest BCUT2D eigenvalue weighted by Gasteiger charge is 2.20. The Kier molecular flexibility index (Phi) is 5.51. The SMILES string of the molecule is CCn1cc(CN2CCCN(CC3CCC=CO3)CC2)cn1. The van der Waals surface area contributed by atoms with Crippen LogP contribution in [0.5, 0.6) is 0 Å². The molecule has 0 aliphatic carbocycles. The average molecular weight is 304 g/mol. The highest BCUT2D eigenvalue weighted by Crippen LogP contribution is 2.14. The van der Waals surface area contributed by atoms with Gasteiger partial charge in [-0.25, -0.2) is 0 Å². The fourth-order valence-corrected chi connectivity index (χ4v) is 3.29. The van der Waals surface area contributed by atoms with Gasteiger partial charge in [0, 0.05) is 44.5 Å². The first kappa shape index (κ1) is 15.6. The van der Waals surface area contributed by atoms with Crippen molar-refractivity contribution in [2.45, 2.75) is 45.4 Å². The van der Waals surface area contributed by atoms with Crippen molar-refractivity contribution in [2.75, 3.05) is 32.7 Å². The van der Waals surface area contributed by atoms with Crippen LogP contribution < -0.4 is 0 Å². The van der Waals surface area contributed by atoms with E-state index >= 15 is 0 Å². The summed E-state index contributed by atoms with van der Waals surface area (Å²) in [5.41, 5.74) is 1.33. The zero-order valence-electron chi connectivity index (χ0n) is 13.7. The van der Waals surface area contributed by atoms with Gasteiger partial charge >= 0.3 is 0 Å². The lowest BCUT2D eigenvalue weighted by Gasteiger charge is -2.27. The van der Waals surface area contributed by atoms with Crippen LogP contribution in [0.15, 0.2) is 24.7 Å². The minimum absolute atomic E-state index is 0.388. The zero-order valence-corrected chi connectivity index (χ0v) is 13.7. The molecule has 1 aromatic rings. The van der Waals surface area contributed by atoms with Crippen LogP contribution in [-0.4, -0.2) is 58.4 Å². The fourth-order valence-electron chi connectivity index (χ4n) is 3.29. The summed E-state index contributed by atoms with van der Waals surface area (Å²) in [6.45, 7) is 9.83. The van der Waals surface area contributed by atoms with Gasteiger partial charge in [0.15, 0.2) is 0 Å². The molecule has 1 aromatic heterocycles. The lowest BCUT2D eigenvalue weighted by molar-refractivity contribution is 0.0800. The van der Waals surface area contributed by atoms with Crippen LogP contribution in [0.2, 0.25) is 0 Å². The van der Waals surface area contributed by atoms with E-state index < -0.39 is 0 Å². The van der Waals surface area contributed by atoms with Crippen LogP contribution in [0.1, 0.15) is 31.7 Å². The molecule has 1 unspecified atom stereocenters. The van der Waals surface area contributed by atoms with Crippen molar-refractivity contribution in [1.29, 1.82) is 0 Å². The maximum absolute atomic E-state index is 5.71. The molecule has 5 heteroatoms. The second kappa shape index (κ2) is 7.79. The number of aromatic nitrogens is 2. The summed E-state index contributed by atoms with van der Waals surface area (Å²) in [7, 11) is 0. The molecule has 122 valence electrons. The number of rotatable bonds is 5. The maximum Gasteiger partial charge on any atom is 0.111 e. The minimum Gasteiger partial charge on any atom is -0.497 e. The second-order valence-corrected chi connectivity index (χ2v) is 6.34. The molecular formula is C17H28N4O. The van der Waals surface area contributed by atoms with Crippen LogP contribution in [0.4, 0.5) is 0 Å². The summed E-state index contributed by atoms with van der Waals surface area (Å²) in [6.07, 6.45) is 12.1. The molecule has 2 aliphatic rings. The first-order valence-electron chi connectivity index (χ1n) is 8.60. The third-order valence-corrected chi connectivity index (χ3v) is 4.58. The number of ether oxygens (including phenoxy) is 1. The molecule has 1 fully saturated rings. The predicted molar refractivity (Wildman–Crippen MR) is 87.5 cm³/mol. The molecule has 1 saturated heterocycles. The van der Waals surface area contributed by atoms with Gasteiger partial charge in [0.1, 0.15) is 6.10 Å². The molecule has 3 heterocycles. The molecule has 3 rings (SSSR count). The molecule has 0 bridgehead atoms. The standard InChI is InChI=1S/C17H28N4O/c1-2-21-14-16(12-18-21)13-19-7-5-8-20(10-9-19)15-17-6-3-4-11-22-17/h4,11-12,14,17H,2-3,5-10,13,15H2,1H3. The topological polar surface area (TPSA) is 33.5 Å². The Morgan fingerprint density at radius 2 is 2.09 bits per heavy atom. The monoisotopic (exact) mass is 304 g/mol. The van der Waals surface area contributed by atoms with Crippen molar-refractivity contribution >= 4 is 0 Å². The van der Waals surface area contributed by atoms with Gasteiger partial charge in [-0.15, -0.1) is 0 Å². The molecule has 5 nitrogen and oxygen atoms in total. The third kappa shape index (κ3) is 4.34. The lowest BCUT2D eigenvalue weighted by atomic mass is 10.1. The van der Waals surface area contributed by atoms with Gasteiger partial charge in [-0.2, -0.15) is 5.10 Å². The van der Waals surface area contributed by atoms with Gasteiger partial charge in [-0.3, -0.25) is 14.5 Å². The van der Waals surface area contributed by atoms with E-state index in [1.165, 1.54) is 25.1 Å².